The Labute approximate surface area is 226 Å². The molecule has 6 atom stereocenters. The van der Waals surface area contributed by atoms with Gasteiger partial charge >= 0.3 is 0 Å². The molecule has 6 unspecified atom stereocenters. The molecule has 0 amide bonds. The van der Waals surface area contributed by atoms with Gasteiger partial charge in [0.1, 0.15) is 5.75 Å². The van der Waals surface area contributed by atoms with E-state index < -0.39 is 0 Å². The van der Waals surface area contributed by atoms with Gasteiger partial charge in [-0.1, -0.05) is 28.9 Å². The number of aliphatic hydroxyl groups is 1. The van der Waals surface area contributed by atoms with Crippen molar-refractivity contribution >= 4 is 33.5 Å². The van der Waals surface area contributed by atoms with Crippen LogP contribution < -0.4 is 0 Å². The molecule has 0 aliphatic heterocycles. The molecule has 5 rings (SSSR count). The zero-order valence-electron chi connectivity index (χ0n) is 16.9. The second kappa shape index (κ2) is 8.82. The average molecular weight is 700 g/mol. The molecule has 1 radical (unpaired) electrons. The molecule has 6 heteroatoms. The number of aliphatic hydroxyl groups excluding tert-OH is 1. The fourth-order valence-electron chi connectivity index (χ4n) is 6.15. The number of fused-ring (bicyclic) bond motifs is 5. The molecule has 2 aromatic rings. The van der Waals surface area contributed by atoms with E-state index in [1.54, 1.807) is 23.9 Å². The normalized spacial score (nSPS) is 34.5. The summed E-state index contributed by atoms with van der Waals surface area (Å²) in [5.41, 5.74) is 1.67. The number of hydrogen-bond donors (Lipinski definition) is 2. The van der Waals surface area contributed by atoms with Crippen molar-refractivity contribution in [3.63, 3.8) is 0 Å². The van der Waals surface area contributed by atoms with Gasteiger partial charge in [0.15, 0.2) is 5.78 Å². The van der Waals surface area contributed by atoms with Crippen molar-refractivity contribution in [3.05, 3.63) is 58.1 Å². The third-order valence-electron chi connectivity index (χ3n) is 7.67. The van der Waals surface area contributed by atoms with Crippen molar-refractivity contribution < 1.29 is 59.1 Å². The second-order valence-electron chi connectivity index (χ2n) is 9.06. The van der Waals surface area contributed by atoms with E-state index in [1.165, 1.54) is 0 Å². The number of aromatic hydroxyl groups is 1. The van der Waals surface area contributed by atoms with Gasteiger partial charge in [-0.2, -0.15) is 0 Å². The van der Waals surface area contributed by atoms with Crippen LogP contribution in [0.4, 0.5) is 0 Å². The fourth-order valence-corrected chi connectivity index (χ4v) is 7.77. The van der Waals surface area contributed by atoms with E-state index in [0.29, 0.717) is 17.4 Å². The van der Waals surface area contributed by atoms with Crippen LogP contribution in [0.15, 0.2) is 51.8 Å². The molecule has 0 spiro atoms. The van der Waals surface area contributed by atoms with Gasteiger partial charge < -0.3 is 10.2 Å². The molecule has 30 heavy (non-hydrogen) atoms. The Morgan fingerprint density at radius 1 is 1.10 bits per heavy atom. The molecule has 0 aromatic heterocycles. The SMILES string of the molecule is CC12CCC3c4ccc(O)cc4C(=O)C(Sc4ccc(Br)cc4)C3C1CCC2O.[Ac]. The second-order valence-corrected chi connectivity index (χ2v) is 11.2. The Morgan fingerprint density at radius 3 is 2.57 bits per heavy atom. The Balaban J connectivity index is 0.00000218. The molecule has 3 aliphatic carbocycles. The Bertz CT molecular complexity index is 965. The van der Waals surface area contributed by atoms with E-state index in [-0.39, 0.29) is 78.3 Å². The molecule has 0 bridgehead atoms. The van der Waals surface area contributed by atoms with E-state index in [0.717, 1.165) is 40.6 Å². The van der Waals surface area contributed by atoms with E-state index >= 15 is 0 Å². The van der Waals surface area contributed by atoms with E-state index in [1.807, 2.05) is 18.2 Å². The maximum absolute atomic E-state index is 13.7. The van der Waals surface area contributed by atoms with E-state index in [9.17, 15) is 15.0 Å². The number of carbonyl (C=O) groups is 1. The van der Waals surface area contributed by atoms with Crippen molar-refractivity contribution in [2.45, 2.75) is 54.8 Å². The van der Waals surface area contributed by atoms with Crippen molar-refractivity contribution in [1.29, 1.82) is 0 Å². The van der Waals surface area contributed by atoms with Crippen LogP contribution in [-0.2, 0) is 0 Å². The fraction of sp³-hybridized carbons (Fsp3) is 0.458. The number of phenols is 1. The van der Waals surface area contributed by atoms with Crippen LogP contribution >= 0.6 is 27.7 Å². The minimum Gasteiger partial charge on any atom is -0.508 e. The number of thioether (sulfide) groups is 1. The third-order valence-corrected chi connectivity index (χ3v) is 9.52. The first-order valence-corrected chi connectivity index (χ1v) is 12.0. The summed E-state index contributed by atoms with van der Waals surface area (Å²) in [6, 6.07) is 13.5. The van der Waals surface area contributed by atoms with Gasteiger partial charge in [0.25, 0.3) is 0 Å². The van der Waals surface area contributed by atoms with Gasteiger partial charge in [-0.15, -0.1) is 11.8 Å². The number of benzene rings is 2. The van der Waals surface area contributed by atoms with Crippen LogP contribution in [0.3, 0.4) is 0 Å². The van der Waals surface area contributed by atoms with Crippen molar-refractivity contribution in [3.8, 4) is 5.75 Å². The summed E-state index contributed by atoms with van der Waals surface area (Å²) in [6.07, 6.45) is 3.51. The number of halogens is 1. The molecule has 2 aromatic carbocycles. The molecule has 0 saturated heterocycles. The molecule has 2 saturated carbocycles. The maximum atomic E-state index is 13.7. The molecule has 2 fully saturated rings. The monoisotopic (exact) mass is 699 g/mol. The zero-order valence-corrected chi connectivity index (χ0v) is 24.1. The first-order chi connectivity index (χ1) is 13.9. The summed E-state index contributed by atoms with van der Waals surface area (Å²) in [5, 5.41) is 20.6. The van der Waals surface area contributed by atoms with Gasteiger partial charge in [0, 0.05) is 59.0 Å². The summed E-state index contributed by atoms with van der Waals surface area (Å²) < 4.78 is 1.02. The van der Waals surface area contributed by atoms with Crippen molar-refractivity contribution in [1.82, 2.24) is 0 Å². The summed E-state index contributed by atoms with van der Waals surface area (Å²) in [6.45, 7) is 2.23. The van der Waals surface area contributed by atoms with Crippen LogP contribution in [0.2, 0.25) is 0 Å². The first kappa shape index (κ1) is 23.3. The third kappa shape index (κ3) is 3.77. The van der Waals surface area contributed by atoms with Crippen LogP contribution in [0.5, 0.6) is 5.75 Å². The van der Waals surface area contributed by atoms with Gasteiger partial charge in [0.05, 0.1) is 11.4 Å². The van der Waals surface area contributed by atoms with Gasteiger partial charge in [-0.25, -0.2) is 0 Å². The van der Waals surface area contributed by atoms with E-state index in [4.69, 9.17) is 0 Å². The molecular formula is C24H25AcBrO3S. The van der Waals surface area contributed by atoms with E-state index in [2.05, 4.69) is 35.0 Å². The first-order valence-electron chi connectivity index (χ1n) is 10.4. The molecule has 155 valence electrons. The molecule has 3 nitrogen and oxygen atoms in total. The summed E-state index contributed by atoms with van der Waals surface area (Å²) in [5.74, 6) is 1.13. The Hall–Kier alpha value is 0.142. The molecule has 3 aliphatic rings. The molecule has 0 heterocycles. The number of phenolic OH excluding ortho intramolecular Hbond substituents is 1. The quantitative estimate of drug-likeness (QED) is 0.418. The molecule has 2 N–H and O–H groups in total. The predicted octanol–water partition coefficient (Wildman–Crippen LogP) is 5.78. The largest absolute Gasteiger partial charge is 0.508 e. The Morgan fingerprint density at radius 2 is 1.83 bits per heavy atom. The van der Waals surface area contributed by atoms with Crippen molar-refractivity contribution in [2.75, 3.05) is 0 Å². The minimum absolute atomic E-state index is 0. The van der Waals surface area contributed by atoms with Crippen LogP contribution in [0.25, 0.3) is 0 Å². The van der Waals surface area contributed by atoms with Crippen molar-refractivity contribution in [2.24, 2.45) is 17.3 Å². The van der Waals surface area contributed by atoms with Crippen LogP contribution in [-0.4, -0.2) is 27.4 Å². The summed E-state index contributed by atoms with van der Waals surface area (Å²) in [4.78, 5) is 14.7. The minimum atomic E-state index is -0.275. The molecular weight excluding hydrogens is 675 g/mol. The maximum Gasteiger partial charge on any atom is 0.176 e. The summed E-state index contributed by atoms with van der Waals surface area (Å²) >= 11 is 5.14. The van der Waals surface area contributed by atoms with Gasteiger partial charge in [-0.05, 0) is 90.8 Å². The standard InChI is InChI=1S/C24H25BrO3S.Ac/c1-24-11-10-17-16-7-4-14(26)12-18(16)22(28)23(21(17)19(24)8-9-20(24)27)29-15-5-2-13(25)3-6-15;/h2-7,12,17,19-21,23,26-27H,8-11H2,1H3;. The van der Waals surface area contributed by atoms with Crippen LogP contribution in [0, 0.1) is 61.3 Å². The smallest absolute Gasteiger partial charge is 0.176 e. The number of Topliss-reactive ketones (excluding diaryl/α,β-unsaturated/α-hetero) is 1. The number of ketones is 1. The summed E-state index contributed by atoms with van der Waals surface area (Å²) in [7, 11) is 0. The van der Waals surface area contributed by atoms with Crippen LogP contribution in [0.1, 0.15) is 54.4 Å². The van der Waals surface area contributed by atoms with Gasteiger partial charge in [0.2, 0.25) is 0 Å². The number of rotatable bonds is 2. The predicted molar refractivity (Wildman–Crippen MR) is 119 cm³/mol. The van der Waals surface area contributed by atoms with Gasteiger partial charge in [-0.3, -0.25) is 4.79 Å². The zero-order chi connectivity index (χ0) is 20.3. The topological polar surface area (TPSA) is 57.5 Å². The Kier molecular flexibility index (Phi) is 6.85. The number of carbonyl (C=O) groups excluding carboxylic acids is 1. The average Bonchev–Trinajstić information content (AvgIpc) is 3.01. The number of hydrogen-bond acceptors (Lipinski definition) is 4.